The maximum atomic E-state index is 11.3. The van der Waals surface area contributed by atoms with Crippen LogP contribution in [0.15, 0.2) is 147 Å². The van der Waals surface area contributed by atoms with Crippen LogP contribution in [0, 0.1) is 20.2 Å². The van der Waals surface area contributed by atoms with E-state index in [4.69, 9.17) is 21.7 Å². The fraction of sp³-hybridized carbons (Fsp3) is 0.0870. The molecule has 0 aliphatic rings. The van der Waals surface area contributed by atoms with E-state index in [9.17, 15) is 29.8 Å². The average molecular weight is 846 g/mol. The Labute approximate surface area is 357 Å². The summed E-state index contributed by atoms with van der Waals surface area (Å²) < 4.78 is 0. The quantitative estimate of drug-likeness (QED) is 0.0481. The fourth-order valence-electron chi connectivity index (χ4n) is 7.32. The van der Waals surface area contributed by atoms with Gasteiger partial charge >= 0.3 is 11.9 Å². The number of non-ortho nitro benzene ring substituents is 2. The molecule has 9 rings (SSSR count). The number of nitrogens with zero attached hydrogens (tertiary/aromatic N) is 4. The third-order valence-electron chi connectivity index (χ3n) is 10.4. The molecular formula is C46H39N9O8. The summed E-state index contributed by atoms with van der Waals surface area (Å²) in [6.07, 6.45) is 12.7. The maximum Gasteiger partial charge on any atom is 0.320 e. The Hall–Kier alpha value is -8.54. The normalized spacial score (nSPS) is 11.8. The highest BCUT2D eigenvalue weighted by molar-refractivity contribution is 6.03. The summed E-state index contributed by atoms with van der Waals surface area (Å²) in [5, 5.41) is 42.9. The highest BCUT2D eigenvalue weighted by atomic mass is 16.6. The number of pyridine rings is 2. The second-order valence-electron chi connectivity index (χ2n) is 14.3. The molecule has 0 saturated carbocycles. The van der Waals surface area contributed by atoms with Crippen molar-refractivity contribution in [3.05, 3.63) is 178 Å². The number of hydrogen-bond acceptors (Lipinski definition) is 10. The van der Waals surface area contributed by atoms with Gasteiger partial charge in [-0.05, 0) is 105 Å². The van der Waals surface area contributed by atoms with Gasteiger partial charge in [0, 0.05) is 102 Å². The predicted molar refractivity (Wildman–Crippen MR) is 239 cm³/mol. The molecular weight excluding hydrogens is 807 g/mol. The van der Waals surface area contributed by atoms with E-state index in [1.165, 1.54) is 64.6 Å². The van der Waals surface area contributed by atoms with E-state index < -0.39 is 33.9 Å². The lowest BCUT2D eigenvalue weighted by Gasteiger charge is -2.09. The molecule has 9 N–H and O–H groups in total. The van der Waals surface area contributed by atoms with Crippen LogP contribution in [-0.4, -0.2) is 69.0 Å². The van der Waals surface area contributed by atoms with Crippen LogP contribution in [0.25, 0.3) is 66.1 Å². The van der Waals surface area contributed by atoms with Gasteiger partial charge in [-0.1, -0.05) is 24.3 Å². The van der Waals surface area contributed by atoms with E-state index in [1.54, 1.807) is 12.4 Å². The molecule has 316 valence electrons. The summed E-state index contributed by atoms with van der Waals surface area (Å²) in [5.41, 5.74) is 20.6. The molecule has 0 bridgehead atoms. The number of nitro groups is 2. The van der Waals surface area contributed by atoms with E-state index in [0.717, 1.165) is 27.6 Å². The lowest BCUT2D eigenvalue weighted by molar-refractivity contribution is -0.384. The van der Waals surface area contributed by atoms with Gasteiger partial charge in [0.1, 0.15) is 17.6 Å². The van der Waals surface area contributed by atoms with Gasteiger partial charge in [0.25, 0.3) is 11.4 Å². The van der Waals surface area contributed by atoms with E-state index in [-0.39, 0.29) is 29.7 Å². The molecule has 5 aromatic heterocycles. The summed E-state index contributed by atoms with van der Waals surface area (Å²) >= 11 is 0. The number of aromatic amines is 3. The van der Waals surface area contributed by atoms with Crippen molar-refractivity contribution >= 4 is 56.0 Å². The molecule has 2 atom stereocenters. The van der Waals surface area contributed by atoms with Crippen LogP contribution < -0.4 is 11.5 Å². The van der Waals surface area contributed by atoms with Crippen LogP contribution in [0.4, 0.5) is 11.4 Å². The highest BCUT2D eigenvalue weighted by Crippen LogP contribution is 2.37. The lowest BCUT2D eigenvalue weighted by Crippen LogP contribution is -2.32. The Morgan fingerprint density at radius 3 is 1.70 bits per heavy atom. The summed E-state index contributed by atoms with van der Waals surface area (Å²) in [4.78, 5) is 60.4. The number of benzene rings is 4. The number of carboxylic acids is 2. The van der Waals surface area contributed by atoms with Crippen molar-refractivity contribution < 1.29 is 29.6 Å². The van der Waals surface area contributed by atoms with Gasteiger partial charge in [-0.2, -0.15) is 0 Å². The standard InChI is InChI=1S/C17H14N4O6.C16H15N3O2.C13H10N2/c18-13(17(22)23)7-10-8-19-16-14(21(26)27)6-5-12(15(10)16)9-1-3-11(4-2-9)20(24)25;17-13(16(20)21)8-11-9-19-14-3-1-2-12(15(11)14)10-4-6-18-7-5-10;1-2-11(10-4-7-14-8-5-10)12-6-9-15-13(12)3-1/h1-6,8,13,19H,7,18H2,(H,22,23);1-7,9,13,19H,8,17H2,(H,20,21);1-9,15H/t2*13-;/m00./s1. The van der Waals surface area contributed by atoms with Crippen molar-refractivity contribution in [3.63, 3.8) is 0 Å². The van der Waals surface area contributed by atoms with Crippen LogP contribution in [-0.2, 0) is 22.4 Å². The van der Waals surface area contributed by atoms with Crippen LogP contribution >= 0.6 is 0 Å². The van der Waals surface area contributed by atoms with Gasteiger partial charge in [-0.15, -0.1) is 0 Å². The first kappa shape index (κ1) is 42.6. The molecule has 17 heteroatoms. The van der Waals surface area contributed by atoms with E-state index in [2.05, 4.69) is 49.2 Å². The van der Waals surface area contributed by atoms with Gasteiger partial charge in [-0.25, -0.2) is 0 Å². The van der Waals surface area contributed by atoms with Gasteiger partial charge in [0.2, 0.25) is 0 Å². The molecule has 0 amide bonds. The van der Waals surface area contributed by atoms with Gasteiger partial charge in [-0.3, -0.25) is 39.8 Å². The van der Waals surface area contributed by atoms with Gasteiger partial charge in [0.15, 0.2) is 0 Å². The number of nitrogens with two attached hydrogens (primary N) is 2. The van der Waals surface area contributed by atoms with Crippen LogP contribution in [0.3, 0.4) is 0 Å². The smallest absolute Gasteiger partial charge is 0.320 e. The topological polar surface area (TPSA) is 286 Å². The number of hydrogen-bond donors (Lipinski definition) is 7. The Morgan fingerprint density at radius 2 is 1.11 bits per heavy atom. The summed E-state index contributed by atoms with van der Waals surface area (Å²) in [6.45, 7) is 0. The number of nitro benzene ring substituents is 2. The zero-order valence-corrected chi connectivity index (χ0v) is 33.2. The first-order valence-corrected chi connectivity index (χ1v) is 19.4. The summed E-state index contributed by atoms with van der Waals surface area (Å²) in [5.74, 6) is -2.18. The first-order chi connectivity index (χ1) is 30.4. The highest BCUT2D eigenvalue weighted by Gasteiger charge is 2.23. The Kier molecular flexibility index (Phi) is 12.7. The lowest BCUT2D eigenvalue weighted by atomic mass is 9.96. The Morgan fingerprint density at radius 1 is 0.587 bits per heavy atom. The number of carbonyl (C=O) groups is 2. The number of fused-ring (bicyclic) bond motifs is 3. The molecule has 0 spiro atoms. The zero-order valence-electron chi connectivity index (χ0n) is 33.2. The first-order valence-electron chi connectivity index (χ1n) is 19.4. The SMILES string of the molecule is N[C@@H](Cc1c[nH]c2c([N+](=O)[O-])ccc(-c3ccc([N+](=O)[O-])cc3)c12)C(=O)O.N[C@@H](Cc1c[nH]c2cccc(-c3ccncc3)c12)C(=O)O.c1cc(-c2ccncc2)c2cc[nH]c2c1. The maximum absolute atomic E-state index is 11.3. The van der Waals surface area contributed by atoms with Crippen molar-refractivity contribution in [3.8, 4) is 33.4 Å². The molecule has 0 saturated heterocycles. The molecule has 0 radical (unpaired) electrons. The largest absolute Gasteiger partial charge is 0.480 e. The molecule has 63 heavy (non-hydrogen) atoms. The molecule has 0 unspecified atom stereocenters. The number of nitrogens with one attached hydrogen (secondary N) is 3. The fourth-order valence-corrected chi connectivity index (χ4v) is 7.32. The number of aliphatic carboxylic acids is 2. The molecule has 4 aromatic carbocycles. The van der Waals surface area contributed by atoms with Crippen LogP contribution in [0.2, 0.25) is 0 Å². The minimum atomic E-state index is -1.19. The van der Waals surface area contributed by atoms with Gasteiger partial charge in [0.05, 0.1) is 9.85 Å². The monoisotopic (exact) mass is 845 g/mol. The second-order valence-corrected chi connectivity index (χ2v) is 14.3. The second kappa shape index (κ2) is 18.8. The predicted octanol–water partition coefficient (Wildman–Crippen LogP) is 8.02. The van der Waals surface area contributed by atoms with Crippen molar-refractivity contribution in [1.29, 1.82) is 0 Å². The van der Waals surface area contributed by atoms with Gasteiger partial charge < -0.3 is 36.6 Å². The number of H-pyrrole nitrogens is 3. The summed E-state index contributed by atoms with van der Waals surface area (Å²) in [7, 11) is 0. The molecule has 9 aromatic rings. The number of aromatic nitrogens is 5. The molecule has 5 heterocycles. The van der Waals surface area contributed by atoms with Crippen molar-refractivity contribution in [2.24, 2.45) is 11.5 Å². The van der Waals surface area contributed by atoms with E-state index in [0.29, 0.717) is 22.1 Å². The zero-order chi connectivity index (χ0) is 44.6. The summed E-state index contributed by atoms with van der Waals surface area (Å²) in [6, 6.07) is 28.8. The number of carboxylic acid groups (broad SMARTS) is 2. The van der Waals surface area contributed by atoms with Crippen molar-refractivity contribution in [2.75, 3.05) is 0 Å². The number of rotatable bonds is 11. The van der Waals surface area contributed by atoms with Crippen molar-refractivity contribution in [2.45, 2.75) is 24.9 Å². The third kappa shape index (κ3) is 9.44. The van der Waals surface area contributed by atoms with Crippen LogP contribution in [0.1, 0.15) is 11.1 Å². The molecule has 0 fully saturated rings. The van der Waals surface area contributed by atoms with E-state index >= 15 is 0 Å². The Balaban J connectivity index is 0.000000147. The molecule has 17 nitrogen and oxygen atoms in total. The van der Waals surface area contributed by atoms with Crippen LogP contribution in [0.5, 0.6) is 0 Å². The minimum Gasteiger partial charge on any atom is -0.480 e. The molecule has 0 aliphatic heterocycles. The molecule has 0 aliphatic carbocycles. The average Bonchev–Trinajstić information content (AvgIpc) is 4.06. The minimum absolute atomic E-state index is 0.0313. The Bertz CT molecular complexity index is 3070. The van der Waals surface area contributed by atoms with E-state index in [1.807, 2.05) is 67.3 Å². The third-order valence-corrected chi connectivity index (χ3v) is 10.4. The van der Waals surface area contributed by atoms with Crippen molar-refractivity contribution in [1.82, 2.24) is 24.9 Å².